The van der Waals surface area contributed by atoms with Crippen LogP contribution in [-0.2, 0) is 6.42 Å². The predicted octanol–water partition coefficient (Wildman–Crippen LogP) is 10.6. The fourth-order valence-electron chi connectivity index (χ4n) is 5.85. The summed E-state index contributed by atoms with van der Waals surface area (Å²) in [6, 6.07) is 13.3. The highest BCUT2D eigenvalue weighted by Gasteiger charge is 2.31. The highest BCUT2D eigenvalue weighted by atomic mass is 14.1. The van der Waals surface area contributed by atoms with Gasteiger partial charge in [-0.05, 0) is 86.8 Å². The molecule has 0 fully saturated rings. The van der Waals surface area contributed by atoms with E-state index in [9.17, 15) is 0 Å². The molecule has 0 aliphatic heterocycles. The second-order valence-electron chi connectivity index (χ2n) is 10.9. The van der Waals surface area contributed by atoms with Gasteiger partial charge in [-0.2, -0.15) is 0 Å². The van der Waals surface area contributed by atoms with Crippen molar-refractivity contribution in [2.24, 2.45) is 0 Å². The first-order valence-corrected chi connectivity index (χ1v) is 15.1. The molecule has 0 bridgehead atoms. The number of aryl methyl sites for hydroxylation is 1. The van der Waals surface area contributed by atoms with Crippen LogP contribution in [0.2, 0.25) is 0 Å². The van der Waals surface area contributed by atoms with Gasteiger partial charge >= 0.3 is 0 Å². The zero-order chi connectivity index (χ0) is 29.8. The molecule has 0 aromatic heterocycles. The van der Waals surface area contributed by atoms with Crippen molar-refractivity contribution in [2.75, 3.05) is 0 Å². The number of hydrogen-bond donors (Lipinski definition) is 0. The first-order chi connectivity index (χ1) is 19.9. The van der Waals surface area contributed by atoms with Crippen molar-refractivity contribution < 1.29 is 0 Å². The van der Waals surface area contributed by atoms with Gasteiger partial charge in [0.2, 0.25) is 6.71 Å². The fourth-order valence-corrected chi connectivity index (χ4v) is 5.85. The number of allylic oxidation sites excluding steroid dienone is 15. The van der Waals surface area contributed by atoms with Gasteiger partial charge < -0.3 is 0 Å². The van der Waals surface area contributed by atoms with Gasteiger partial charge in [0.05, 0.1) is 0 Å². The summed E-state index contributed by atoms with van der Waals surface area (Å²) in [4.78, 5) is 0. The topological polar surface area (TPSA) is 0 Å². The van der Waals surface area contributed by atoms with Crippen LogP contribution in [0.25, 0.3) is 11.6 Å². The van der Waals surface area contributed by atoms with Crippen LogP contribution < -0.4 is 5.46 Å². The molecule has 3 rings (SSSR count). The van der Waals surface area contributed by atoms with E-state index in [0.717, 1.165) is 25.7 Å². The first-order valence-electron chi connectivity index (χ1n) is 15.1. The Labute approximate surface area is 250 Å². The van der Waals surface area contributed by atoms with Gasteiger partial charge in [-0.3, -0.25) is 0 Å². The van der Waals surface area contributed by atoms with Crippen LogP contribution in [-0.4, -0.2) is 6.71 Å². The molecule has 0 spiro atoms. The number of rotatable bonds is 12. The molecule has 0 saturated heterocycles. The predicted molar refractivity (Wildman–Crippen MR) is 187 cm³/mol. The van der Waals surface area contributed by atoms with Crippen molar-refractivity contribution in [1.29, 1.82) is 0 Å². The average Bonchev–Trinajstić information content (AvgIpc) is 2.98. The molecule has 210 valence electrons. The number of benzene rings is 2. The summed E-state index contributed by atoms with van der Waals surface area (Å²) >= 11 is 0. The standard InChI is InChI=1S/C40H47B/c1-9-18-30(5)36-28-25-34(26-29-36)20-16-17-23-38(12-4)41(39-32(7)24-27-35(11-3)33(39)8)40(31(6)19-10-2)37-21-14-13-15-22-37/h9,11,13-19,21,23-29H,1,3,10,12,20,22H2,2,4-8H3/b17-16-,30-18+,31-19-,38-23+,40-37+. The van der Waals surface area contributed by atoms with Crippen molar-refractivity contribution in [2.45, 2.75) is 67.2 Å². The molecule has 0 unspecified atom stereocenters. The molecule has 2 aromatic carbocycles. The van der Waals surface area contributed by atoms with Crippen LogP contribution in [0.4, 0.5) is 0 Å². The van der Waals surface area contributed by atoms with Crippen LogP contribution in [0.1, 0.15) is 74.8 Å². The van der Waals surface area contributed by atoms with Crippen molar-refractivity contribution in [3.8, 4) is 0 Å². The maximum Gasteiger partial charge on any atom is 0.238 e. The highest BCUT2D eigenvalue weighted by Crippen LogP contribution is 2.30. The Balaban J connectivity index is 2.10. The van der Waals surface area contributed by atoms with E-state index in [4.69, 9.17) is 0 Å². The molecule has 1 aliphatic rings. The Morgan fingerprint density at radius 1 is 0.951 bits per heavy atom. The summed E-state index contributed by atoms with van der Waals surface area (Å²) in [5.41, 5.74) is 14.7. The number of hydrogen-bond acceptors (Lipinski definition) is 0. The normalized spacial score (nSPS) is 15.4. The lowest BCUT2D eigenvalue weighted by atomic mass is 9.32. The van der Waals surface area contributed by atoms with Gasteiger partial charge in [-0.15, -0.1) is 0 Å². The molecular formula is C40H47B. The molecular weight excluding hydrogens is 491 g/mol. The summed E-state index contributed by atoms with van der Waals surface area (Å²) in [5, 5.41) is 0. The molecule has 0 radical (unpaired) electrons. The van der Waals surface area contributed by atoms with E-state index < -0.39 is 0 Å². The molecule has 0 nitrogen and oxygen atoms in total. The zero-order valence-corrected chi connectivity index (χ0v) is 26.1. The van der Waals surface area contributed by atoms with Crippen molar-refractivity contribution in [3.63, 3.8) is 0 Å². The monoisotopic (exact) mass is 538 g/mol. The quantitative estimate of drug-likeness (QED) is 0.186. The third-order valence-electron chi connectivity index (χ3n) is 8.09. The SMILES string of the molecule is C=C/C=C(\C)c1ccc(C/C=C\C=C(/CC)B(C(/C(C)=C\CC)=C2\C=CC=CC2)c2c(C)ccc(C=C)c2C)cc1. The third kappa shape index (κ3) is 8.11. The zero-order valence-electron chi connectivity index (χ0n) is 26.1. The lowest BCUT2D eigenvalue weighted by molar-refractivity contribution is 1.15. The van der Waals surface area contributed by atoms with Crippen LogP contribution in [0.5, 0.6) is 0 Å². The minimum absolute atomic E-state index is 0.178. The van der Waals surface area contributed by atoms with Gasteiger partial charge in [0, 0.05) is 0 Å². The van der Waals surface area contributed by atoms with Crippen LogP contribution in [0.15, 0.2) is 132 Å². The van der Waals surface area contributed by atoms with Crippen molar-refractivity contribution in [3.05, 3.63) is 160 Å². The molecule has 0 heterocycles. The lowest BCUT2D eigenvalue weighted by Gasteiger charge is -2.28. The molecule has 1 aliphatic carbocycles. The van der Waals surface area contributed by atoms with E-state index in [1.807, 2.05) is 12.2 Å². The van der Waals surface area contributed by atoms with Crippen LogP contribution in [0, 0.1) is 13.8 Å². The summed E-state index contributed by atoms with van der Waals surface area (Å²) in [7, 11) is 0. The second-order valence-corrected chi connectivity index (χ2v) is 10.9. The Morgan fingerprint density at radius 3 is 2.32 bits per heavy atom. The molecule has 0 atom stereocenters. The summed E-state index contributed by atoms with van der Waals surface area (Å²) < 4.78 is 0. The highest BCUT2D eigenvalue weighted by molar-refractivity contribution is 6.87. The van der Waals surface area contributed by atoms with E-state index in [2.05, 4.69) is 146 Å². The van der Waals surface area contributed by atoms with E-state index in [-0.39, 0.29) is 6.71 Å². The first kappa shape index (κ1) is 31.7. The Kier molecular flexibility index (Phi) is 12.2. The third-order valence-corrected chi connectivity index (χ3v) is 8.09. The van der Waals surface area contributed by atoms with Gasteiger partial charge in [0.1, 0.15) is 0 Å². The smallest absolute Gasteiger partial charge is 0.0991 e. The van der Waals surface area contributed by atoms with Crippen LogP contribution in [0.3, 0.4) is 0 Å². The van der Waals surface area contributed by atoms with Gasteiger partial charge in [-0.1, -0.05) is 158 Å². The maximum atomic E-state index is 4.12. The van der Waals surface area contributed by atoms with Crippen molar-refractivity contribution in [1.82, 2.24) is 0 Å². The molecule has 0 amide bonds. The van der Waals surface area contributed by atoms with Gasteiger partial charge in [-0.25, -0.2) is 0 Å². The minimum Gasteiger partial charge on any atom is -0.0991 e. The summed E-state index contributed by atoms with van der Waals surface area (Å²) in [6.45, 7) is 21.6. The van der Waals surface area contributed by atoms with E-state index in [0.29, 0.717) is 0 Å². The summed E-state index contributed by atoms with van der Waals surface area (Å²) in [5.74, 6) is 0. The molecule has 41 heavy (non-hydrogen) atoms. The second kappa shape index (κ2) is 15.8. The lowest BCUT2D eigenvalue weighted by Crippen LogP contribution is -2.40. The minimum atomic E-state index is 0.178. The van der Waals surface area contributed by atoms with Crippen LogP contribution >= 0.6 is 0 Å². The molecule has 2 aromatic rings. The van der Waals surface area contributed by atoms with Gasteiger partial charge in [0.15, 0.2) is 0 Å². The van der Waals surface area contributed by atoms with Gasteiger partial charge in [0.25, 0.3) is 0 Å². The largest absolute Gasteiger partial charge is 0.238 e. The Hall–Kier alpha value is -3.84. The average molecular weight is 539 g/mol. The molecule has 0 N–H and O–H groups in total. The van der Waals surface area contributed by atoms with E-state index in [1.165, 1.54) is 60.9 Å². The van der Waals surface area contributed by atoms with Crippen molar-refractivity contribution >= 4 is 23.8 Å². The Bertz CT molecular complexity index is 1440. The fraction of sp³-hybridized carbons (Fsp3) is 0.250. The maximum absolute atomic E-state index is 4.12. The molecule has 1 heteroatoms. The Morgan fingerprint density at radius 2 is 1.71 bits per heavy atom. The molecule has 0 saturated carbocycles. The van der Waals surface area contributed by atoms with E-state index in [1.54, 1.807) is 0 Å². The summed E-state index contributed by atoms with van der Waals surface area (Å²) in [6.07, 6.45) is 28.0. The van der Waals surface area contributed by atoms with E-state index >= 15 is 0 Å².